The molecule has 1 aliphatic rings. The number of nitrogens with zero attached hydrogens (tertiary/aromatic N) is 1. The molecule has 0 radical (unpaired) electrons. The summed E-state index contributed by atoms with van der Waals surface area (Å²) >= 11 is 6.34. The van der Waals surface area contributed by atoms with Gasteiger partial charge in [-0.2, -0.15) is 0 Å². The van der Waals surface area contributed by atoms with Gasteiger partial charge in [-0.05, 0) is 62.7 Å². The molecule has 3 nitrogen and oxygen atoms in total. The van der Waals surface area contributed by atoms with E-state index in [0.717, 1.165) is 42.5 Å². The first-order valence-electron chi connectivity index (χ1n) is 7.51. The number of hydrogen-bond donors (Lipinski definition) is 1. The molecule has 0 saturated carbocycles. The minimum Gasteiger partial charge on any atom is -0.497 e. The minimum atomic E-state index is 0. The maximum absolute atomic E-state index is 6.34. The highest BCUT2D eigenvalue weighted by Gasteiger charge is 2.21. The number of rotatable bonds is 6. The van der Waals surface area contributed by atoms with E-state index in [0.29, 0.717) is 6.04 Å². The van der Waals surface area contributed by atoms with E-state index in [4.69, 9.17) is 16.3 Å². The maximum Gasteiger partial charge on any atom is 0.119 e. The highest BCUT2D eigenvalue weighted by molar-refractivity contribution is 6.31. The third kappa shape index (κ3) is 5.33. The standard InChI is InChI=1S/C16H25ClN2O.ClH/c1-3-10-19(14-6-8-18-9-7-14)12-13-11-15(20-2)4-5-16(13)17;/h4-5,11,14,18H,3,6-10,12H2,1-2H3;1H. The largest absolute Gasteiger partial charge is 0.497 e. The van der Waals surface area contributed by atoms with Gasteiger partial charge in [0.05, 0.1) is 7.11 Å². The Morgan fingerprint density at radius 3 is 2.67 bits per heavy atom. The second-order valence-electron chi connectivity index (χ2n) is 5.41. The van der Waals surface area contributed by atoms with Gasteiger partial charge in [0, 0.05) is 17.6 Å². The lowest BCUT2D eigenvalue weighted by molar-refractivity contribution is 0.154. The monoisotopic (exact) mass is 332 g/mol. The van der Waals surface area contributed by atoms with Gasteiger partial charge in [-0.1, -0.05) is 18.5 Å². The number of benzene rings is 1. The topological polar surface area (TPSA) is 24.5 Å². The second-order valence-corrected chi connectivity index (χ2v) is 5.82. The number of ether oxygens (including phenoxy) is 1. The van der Waals surface area contributed by atoms with Crippen molar-refractivity contribution in [3.8, 4) is 5.75 Å². The summed E-state index contributed by atoms with van der Waals surface area (Å²) in [6.07, 6.45) is 3.62. The molecule has 1 aromatic rings. The van der Waals surface area contributed by atoms with Gasteiger partial charge >= 0.3 is 0 Å². The molecule has 1 aliphatic heterocycles. The van der Waals surface area contributed by atoms with Gasteiger partial charge < -0.3 is 10.1 Å². The van der Waals surface area contributed by atoms with Crippen molar-refractivity contribution in [1.29, 1.82) is 0 Å². The number of methoxy groups -OCH3 is 1. The maximum atomic E-state index is 6.34. The van der Waals surface area contributed by atoms with Crippen molar-refractivity contribution in [2.24, 2.45) is 0 Å². The Balaban J connectivity index is 0.00000220. The van der Waals surface area contributed by atoms with E-state index in [2.05, 4.69) is 23.2 Å². The molecule has 21 heavy (non-hydrogen) atoms. The fraction of sp³-hybridized carbons (Fsp3) is 0.625. The molecule has 0 unspecified atom stereocenters. The zero-order valence-electron chi connectivity index (χ0n) is 12.9. The molecule has 0 bridgehead atoms. The summed E-state index contributed by atoms with van der Waals surface area (Å²) in [7, 11) is 1.70. The van der Waals surface area contributed by atoms with Gasteiger partial charge in [0.2, 0.25) is 0 Å². The van der Waals surface area contributed by atoms with Crippen LogP contribution in [0.15, 0.2) is 18.2 Å². The predicted molar refractivity (Wildman–Crippen MR) is 91.8 cm³/mol. The van der Waals surface area contributed by atoms with Crippen LogP contribution in [0.25, 0.3) is 0 Å². The lowest BCUT2D eigenvalue weighted by atomic mass is 10.0. The van der Waals surface area contributed by atoms with Gasteiger partial charge in [-0.15, -0.1) is 12.4 Å². The molecule has 5 heteroatoms. The van der Waals surface area contributed by atoms with E-state index in [1.807, 2.05) is 12.1 Å². The summed E-state index contributed by atoms with van der Waals surface area (Å²) in [6, 6.07) is 6.58. The number of nitrogens with one attached hydrogen (secondary N) is 1. The molecule has 1 N–H and O–H groups in total. The first-order chi connectivity index (χ1) is 9.74. The highest BCUT2D eigenvalue weighted by atomic mass is 35.5. The quantitative estimate of drug-likeness (QED) is 0.858. The summed E-state index contributed by atoms with van der Waals surface area (Å²) in [4.78, 5) is 2.57. The zero-order chi connectivity index (χ0) is 14.4. The van der Waals surface area contributed by atoms with Gasteiger partial charge in [-0.25, -0.2) is 0 Å². The first kappa shape index (κ1) is 18.6. The summed E-state index contributed by atoms with van der Waals surface area (Å²) in [6.45, 7) is 6.52. The van der Waals surface area contributed by atoms with Crippen LogP contribution in [0.2, 0.25) is 5.02 Å². The average molecular weight is 333 g/mol. The van der Waals surface area contributed by atoms with Crippen molar-refractivity contribution >= 4 is 24.0 Å². The van der Waals surface area contributed by atoms with Crippen LogP contribution in [0.5, 0.6) is 5.75 Å². The van der Waals surface area contributed by atoms with E-state index >= 15 is 0 Å². The Kier molecular flexibility index (Phi) is 8.42. The Bertz CT molecular complexity index is 423. The molecule has 0 atom stereocenters. The van der Waals surface area contributed by atoms with Gasteiger partial charge in [0.1, 0.15) is 5.75 Å². The predicted octanol–water partition coefficient (Wildman–Crippen LogP) is 3.73. The van der Waals surface area contributed by atoms with Crippen LogP contribution in [-0.4, -0.2) is 37.7 Å². The smallest absolute Gasteiger partial charge is 0.119 e. The van der Waals surface area contributed by atoms with Gasteiger partial charge in [0.25, 0.3) is 0 Å². The van der Waals surface area contributed by atoms with Crippen molar-refractivity contribution < 1.29 is 4.74 Å². The van der Waals surface area contributed by atoms with Crippen LogP contribution in [0, 0.1) is 0 Å². The van der Waals surface area contributed by atoms with E-state index in [9.17, 15) is 0 Å². The van der Waals surface area contributed by atoms with E-state index in [1.165, 1.54) is 19.3 Å². The SMILES string of the molecule is CCCN(Cc1cc(OC)ccc1Cl)C1CCNCC1.Cl. The summed E-state index contributed by atoms with van der Waals surface area (Å²) < 4.78 is 5.31. The fourth-order valence-electron chi connectivity index (χ4n) is 2.87. The van der Waals surface area contributed by atoms with E-state index in [1.54, 1.807) is 7.11 Å². The van der Waals surface area contributed by atoms with Crippen LogP contribution in [0.1, 0.15) is 31.7 Å². The van der Waals surface area contributed by atoms with Crippen LogP contribution in [0.4, 0.5) is 0 Å². The molecule has 1 fully saturated rings. The Morgan fingerprint density at radius 1 is 1.33 bits per heavy atom. The molecular formula is C16H26Cl2N2O. The molecular weight excluding hydrogens is 307 g/mol. The number of piperidine rings is 1. The van der Waals surface area contributed by atoms with E-state index < -0.39 is 0 Å². The van der Waals surface area contributed by atoms with Crippen LogP contribution < -0.4 is 10.1 Å². The van der Waals surface area contributed by atoms with Crippen molar-refractivity contribution in [3.05, 3.63) is 28.8 Å². The molecule has 1 heterocycles. The average Bonchev–Trinajstić information content (AvgIpc) is 2.49. The summed E-state index contributed by atoms with van der Waals surface area (Å²) in [5, 5.41) is 4.27. The van der Waals surface area contributed by atoms with Crippen LogP contribution >= 0.6 is 24.0 Å². The van der Waals surface area contributed by atoms with Gasteiger partial charge in [-0.3, -0.25) is 4.90 Å². The summed E-state index contributed by atoms with van der Waals surface area (Å²) in [5.74, 6) is 0.881. The molecule has 0 spiro atoms. The van der Waals surface area contributed by atoms with Crippen molar-refractivity contribution in [3.63, 3.8) is 0 Å². The molecule has 1 saturated heterocycles. The summed E-state index contributed by atoms with van der Waals surface area (Å²) in [5.41, 5.74) is 1.16. The Labute approximate surface area is 139 Å². The highest BCUT2D eigenvalue weighted by Crippen LogP contribution is 2.25. The molecule has 2 rings (SSSR count). The lowest BCUT2D eigenvalue weighted by Crippen LogP contribution is -2.43. The number of halogens is 2. The van der Waals surface area contributed by atoms with Crippen molar-refractivity contribution in [1.82, 2.24) is 10.2 Å². The van der Waals surface area contributed by atoms with Gasteiger partial charge in [0.15, 0.2) is 0 Å². The van der Waals surface area contributed by atoms with Crippen LogP contribution in [0.3, 0.4) is 0 Å². The second kappa shape index (κ2) is 9.52. The van der Waals surface area contributed by atoms with Crippen molar-refractivity contribution in [2.45, 2.75) is 38.8 Å². The third-order valence-electron chi connectivity index (χ3n) is 3.96. The lowest BCUT2D eigenvalue weighted by Gasteiger charge is -2.34. The molecule has 1 aromatic carbocycles. The zero-order valence-corrected chi connectivity index (χ0v) is 14.5. The Hall–Kier alpha value is -0.480. The normalized spacial score (nSPS) is 15.8. The molecule has 0 aliphatic carbocycles. The number of hydrogen-bond acceptors (Lipinski definition) is 3. The minimum absolute atomic E-state index is 0. The van der Waals surface area contributed by atoms with Crippen LogP contribution in [-0.2, 0) is 6.54 Å². The molecule has 0 amide bonds. The van der Waals surface area contributed by atoms with Crippen molar-refractivity contribution in [2.75, 3.05) is 26.7 Å². The Morgan fingerprint density at radius 2 is 2.05 bits per heavy atom. The molecule has 120 valence electrons. The third-order valence-corrected chi connectivity index (χ3v) is 4.33. The fourth-order valence-corrected chi connectivity index (χ4v) is 3.05. The van der Waals surface area contributed by atoms with E-state index in [-0.39, 0.29) is 12.4 Å². The molecule has 0 aromatic heterocycles. The first-order valence-corrected chi connectivity index (χ1v) is 7.89.